The summed E-state index contributed by atoms with van der Waals surface area (Å²) in [6, 6.07) is 21.1. The van der Waals surface area contributed by atoms with Gasteiger partial charge in [0.2, 0.25) is 15.9 Å². The van der Waals surface area contributed by atoms with Gasteiger partial charge in [-0.3, -0.25) is 9.69 Å². The minimum absolute atomic E-state index is 0.108. The quantitative estimate of drug-likeness (QED) is 0.380. The maximum Gasteiger partial charge on any atom is 0.242 e. The fourth-order valence-electron chi connectivity index (χ4n) is 5.19. The standard InChI is InChI=1S/C30H36FN5O4S/c31-26-8-4-5-9-27(26)35-14-16-36(17-15-35)28-11-10-25(33-30(37)22-24-6-2-1-3-7-24)23-29(28)41(38,39)32-12-13-34-18-20-40-21-19-34/h1-11,23,32H,12-22H2,(H,33,37). The summed E-state index contributed by atoms with van der Waals surface area (Å²) in [6.07, 6.45) is 0.181. The van der Waals surface area contributed by atoms with Crippen LogP contribution in [0.1, 0.15) is 5.56 Å². The van der Waals surface area contributed by atoms with Crippen molar-refractivity contribution in [2.24, 2.45) is 0 Å². The third-order valence-corrected chi connectivity index (χ3v) is 8.87. The molecule has 3 aromatic carbocycles. The van der Waals surface area contributed by atoms with Crippen molar-refractivity contribution < 1.29 is 22.3 Å². The molecule has 9 nitrogen and oxygen atoms in total. The molecule has 2 saturated heterocycles. The number of amides is 1. The number of hydrogen-bond donors (Lipinski definition) is 2. The predicted octanol–water partition coefficient (Wildman–Crippen LogP) is 2.94. The zero-order valence-electron chi connectivity index (χ0n) is 23.0. The average Bonchev–Trinajstić information content (AvgIpc) is 2.98. The van der Waals surface area contributed by atoms with Crippen molar-refractivity contribution in [3.05, 3.63) is 84.2 Å². The van der Waals surface area contributed by atoms with Crippen LogP contribution in [0.3, 0.4) is 0 Å². The number of benzene rings is 3. The highest BCUT2D eigenvalue weighted by Gasteiger charge is 2.27. The number of hydrogen-bond acceptors (Lipinski definition) is 7. The van der Waals surface area contributed by atoms with Gasteiger partial charge in [0.25, 0.3) is 0 Å². The van der Waals surface area contributed by atoms with E-state index in [2.05, 4.69) is 14.9 Å². The van der Waals surface area contributed by atoms with Gasteiger partial charge in [0.1, 0.15) is 10.7 Å². The predicted molar refractivity (Wildman–Crippen MR) is 158 cm³/mol. The molecule has 0 bridgehead atoms. The number of rotatable bonds is 10. The first kappa shape index (κ1) is 29.0. The number of para-hydroxylation sites is 1. The first-order valence-corrected chi connectivity index (χ1v) is 15.4. The largest absolute Gasteiger partial charge is 0.379 e. The SMILES string of the molecule is O=C(Cc1ccccc1)Nc1ccc(N2CCN(c3ccccc3F)CC2)c(S(=O)(=O)NCCN2CCOCC2)c1. The van der Waals surface area contributed by atoms with E-state index in [1.54, 1.807) is 24.3 Å². The molecule has 3 aromatic rings. The zero-order valence-corrected chi connectivity index (χ0v) is 23.8. The Morgan fingerprint density at radius 3 is 2.20 bits per heavy atom. The van der Waals surface area contributed by atoms with Crippen LogP contribution >= 0.6 is 0 Å². The minimum Gasteiger partial charge on any atom is -0.379 e. The summed E-state index contributed by atoms with van der Waals surface area (Å²) in [5, 5.41) is 2.85. The monoisotopic (exact) mass is 581 g/mol. The molecule has 2 N–H and O–H groups in total. The number of carbonyl (C=O) groups is 1. The molecule has 0 spiro atoms. The topological polar surface area (TPSA) is 94.2 Å². The molecule has 0 radical (unpaired) electrons. The van der Waals surface area contributed by atoms with E-state index < -0.39 is 10.0 Å². The van der Waals surface area contributed by atoms with Crippen molar-refractivity contribution in [1.29, 1.82) is 0 Å². The molecule has 2 heterocycles. The molecular weight excluding hydrogens is 545 g/mol. The fourth-order valence-corrected chi connectivity index (χ4v) is 6.46. The molecule has 2 aliphatic rings. The number of anilines is 3. The van der Waals surface area contributed by atoms with Crippen LogP contribution in [0.25, 0.3) is 0 Å². The van der Waals surface area contributed by atoms with E-state index in [1.807, 2.05) is 46.2 Å². The van der Waals surface area contributed by atoms with Gasteiger partial charge in [-0.2, -0.15) is 0 Å². The van der Waals surface area contributed by atoms with Crippen molar-refractivity contribution >= 4 is 33.0 Å². The van der Waals surface area contributed by atoms with Crippen LogP contribution in [-0.4, -0.2) is 84.8 Å². The van der Waals surface area contributed by atoms with E-state index in [4.69, 9.17) is 4.74 Å². The van der Waals surface area contributed by atoms with Crippen molar-refractivity contribution in [2.75, 3.05) is 80.7 Å². The molecule has 218 valence electrons. The third kappa shape index (κ3) is 7.62. The lowest BCUT2D eigenvalue weighted by molar-refractivity contribution is -0.115. The smallest absolute Gasteiger partial charge is 0.242 e. The number of nitrogens with zero attached hydrogens (tertiary/aromatic N) is 3. The van der Waals surface area contributed by atoms with Gasteiger partial charge >= 0.3 is 0 Å². The number of halogens is 1. The number of nitrogens with one attached hydrogen (secondary N) is 2. The van der Waals surface area contributed by atoms with E-state index in [-0.39, 0.29) is 29.6 Å². The van der Waals surface area contributed by atoms with Gasteiger partial charge in [-0.15, -0.1) is 0 Å². The first-order valence-electron chi connectivity index (χ1n) is 13.9. The number of sulfonamides is 1. The van der Waals surface area contributed by atoms with Crippen LogP contribution in [0.15, 0.2) is 77.7 Å². The maximum atomic E-state index is 14.4. The van der Waals surface area contributed by atoms with Gasteiger partial charge in [-0.25, -0.2) is 17.5 Å². The molecule has 2 aliphatic heterocycles. The van der Waals surface area contributed by atoms with E-state index in [0.29, 0.717) is 63.0 Å². The molecule has 2 fully saturated rings. The minimum atomic E-state index is -3.91. The van der Waals surface area contributed by atoms with Gasteiger partial charge in [0.15, 0.2) is 0 Å². The van der Waals surface area contributed by atoms with Gasteiger partial charge in [0, 0.05) is 58.0 Å². The van der Waals surface area contributed by atoms with Crippen LogP contribution in [-0.2, 0) is 26.0 Å². The Kier molecular flexibility index (Phi) is 9.50. The molecule has 0 atom stereocenters. The van der Waals surface area contributed by atoms with Crippen LogP contribution in [0.4, 0.5) is 21.5 Å². The zero-order chi connectivity index (χ0) is 28.7. The summed E-state index contributed by atoms with van der Waals surface area (Å²) in [6.45, 7) is 5.76. The third-order valence-electron chi connectivity index (χ3n) is 7.38. The number of carbonyl (C=O) groups excluding carboxylic acids is 1. The molecule has 41 heavy (non-hydrogen) atoms. The maximum absolute atomic E-state index is 14.4. The molecule has 0 aromatic heterocycles. The fraction of sp³-hybridized carbons (Fsp3) is 0.367. The lowest BCUT2D eigenvalue weighted by Crippen LogP contribution is -2.47. The van der Waals surface area contributed by atoms with E-state index in [9.17, 15) is 17.6 Å². The molecule has 1 amide bonds. The van der Waals surface area contributed by atoms with E-state index in [0.717, 1.165) is 18.7 Å². The van der Waals surface area contributed by atoms with Gasteiger partial charge in [-0.05, 0) is 35.9 Å². The number of ether oxygens (including phenoxy) is 1. The van der Waals surface area contributed by atoms with Crippen LogP contribution in [0, 0.1) is 5.82 Å². The Morgan fingerprint density at radius 2 is 1.49 bits per heavy atom. The van der Waals surface area contributed by atoms with Gasteiger partial charge in [0.05, 0.1) is 31.0 Å². The van der Waals surface area contributed by atoms with E-state index >= 15 is 0 Å². The van der Waals surface area contributed by atoms with Gasteiger partial charge in [-0.1, -0.05) is 42.5 Å². The lowest BCUT2D eigenvalue weighted by Gasteiger charge is -2.38. The second-order valence-electron chi connectivity index (χ2n) is 10.2. The Hall–Kier alpha value is -3.51. The number of morpholine rings is 1. The molecule has 5 rings (SSSR count). The van der Waals surface area contributed by atoms with E-state index in [1.165, 1.54) is 12.1 Å². The summed E-state index contributed by atoms with van der Waals surface area (Å²) in [5.41, 5.74) is 2.37. The van der Waals surface area contributed by atoms with Crippen LogP contribution in [0.5, 0.6) is 0 Å². The molecular formula is C30H36FN5O4S. The lowest BCUT2D eigenvalue weighted by atomic mass is 10.1. The summed E-state index contributed by atoms with van der Waals surface area (Å²) in [4.78, 5) is 19.0. The Bertz CT molecular complexity index is 1430. The average molecular weight is 582 g/mol. The van der Waals surface area contributed by atoms with Crippen molar-refractivity contribution in [3.63, 3.8) is 0 Å². The first-order chi connectivity index (χ1) is 19.9. The summed E-state index contributed by atoms with van der Waals surface area (Å²) in [7, 11) is -3.91. The van der Waals surface area contributed by atoms with Crippen molar-refractivity contribution in [3.8, 4) is 0 Å². The summed E-state index contributed by atoms with van der Waals surface area (Å²) < 4.78 is 49.8. The highest BCUT2D eigenvalue weighted by Crippen LogP contribution is 2.31. The molecule has 11 heteroatoms. The van der Waals surface area contributed by atoms with Gasteiger partial charge < -0.3 is 19.9 Å². The molecule has 0 aliphatic carbocycles. The highest BCUT2D eigenvalue weighted by molar-refractivity contribution is 7.89. The van der Waals surface area contributed by atoms with Crippen LogP contribution < -0.4 is 19.8 Å². The normalized spacial score (nSPS) is 16.5. The van der Waals surface area contributed by atoms with Crippen molar-refractivity contribution in [2.45, 2.75) is 11.3 Å². The second kappa shape index (κ2) is 13.4. The summed E-state index contributed by atoms with van der Waals surface area (Å²) >= 11 is 0. The second-order valence-corrected chi connectivity index (χ2v) is 11.9. The Morgan fingerprint density at radius 1 is 0.829 bits per heavy atom. The number of piperazine rings is 1. The highest BCUT2D eigenvalue weighted by atomic mass is 32.2. The molecule has 0 saturated carbocycles. The summed E-state index contributed by atoms with van der Waals surface area (Å²) in [5.74, 6) is -0.504. The Labute approximate surface area is 240 Å². The van der Waals surface area contributed by atoms with Crippen molar-refractivity contribution in [1.82, 2.24) is 9.62 Å². The van der Waals surface area contributed by atoms with Crippen LogP contribution in [0.2, 0.25) is 0 Å². The Balaban J connectivity index is 1.33. The molecule has 0 unspecified atom stereocenters.